The minimum Gasteiger partial charge on any atom is -0.458 e. The number of imidazole rings is 1. The van der Waals surface area contributed by atoms with Crippen LogP contribution in [0.5, 0.6) is 0 Å². The van der Waals surface area contributed by atoms with Gasteiger partial charge in [-0.1, -0.05) is 6.07 Å². The highest BCUT2D eigenvalue weighted by Gasteiger charge is 2.00. The van der Waals surface area contributed by atoms with Crippen LogP contribution in [-0.2, 0) is 16.0 Å². The van der Waals surface area contributed by atoms with E-state index in [0.717, 1.165) is 17.2 Å². The molecule has 2 heterocycles. The zero-order valence-corrected chi connectivity index (χ0v) is 12.3. The molecule has 0 saturated carbocycles. The maximum atomic E-state index is 11.3. The van der Waals surface area contributed by atoms with Crippen molar-refractivity contribution in [1.29, 1.82) is 0 Å². The van der Waals surface area contributed by atoms with Gasteiger partial charge in [-0.2, -0.15) is 0 Å². The molecule has 0 fully saturated rings. The summed E-state index contributed by atoms with van der Waals surface area (Å²) in [7, 11) is 0. The predicted octanol–water partition coefficient (Wildman–Crippen LogP) is 1.81. The van der Waals surface area contributed by atoms with E-state index in [4.69, 9.17) is 10.5 Å². The molecule has 0 amide bonds. The van der Waals surface area contributed by atoms with Gasteiger partial charge in [-0.05, 0) is 31.2 Å². The summed E-state index contributed by atoms with van der Waals surface area (Å²) in [5.41, 5.74) is 7.51. The number of hydrogen-bond acceptors (Lipinski definition) is 5. The predicted molar refractivity (Wildman–Crippen MR) is 83.6 cm³/mol. The molecule has 22 heavy (non-hydrogen) atoms. The Labute approximate surface area is 128 Å². The molecule has 114 valence electrons. The average molecular weight is 298 g/mol. The monoisotopic (exact) mass is 298 g/mol. The normalized spacial score (nSPS) is 11.8. The van der Waals surface area contributed by atoms with Crippen molar-refractivity contribution in [2.24, 2.45) is 5.73 Å². The van der Waals surface area contributed by atoms with E-state index in [1.165, 1.54) is 6.08 Å². The van der Waals surface area contributed by atoms with E-state index in [-0.39, 0.29) is 6.61 Å². The molecule has 0 aromatic carbocycles. The molecule has 0 saturated heterocycles. The second kappa shape index (κ2) is 7.78. The van der Waals surface area contributed by atoms with E-state index in [2.05, 4.69) is 15.0 Å². The van der Waals surface area contributed by atoms with Crippen LogP contribution in [0.2, 0.25) is 0 Å². The van der Waals surface area contributed by atoms with Crippen LogP contribution >= 0.6 is 0 Å². The highest BCUT2D eigenvalue weighted by atomic mass is 16.5. The topological polar surface area (TPSA) is 93.9 Å². The van der Waals surface area contributed by atoms with Crippen molar-refractivity contribution in [3.63, 3.8) is 0 Å². The fraction of sp³-hybridized carbons (Fsp3) is 0.188. The second-order valence-corrected chi connectivity index (χ2v) is 4.69. The lowest BCUT2D eigenvalue weighted by Crippen LogP contribution is -2.04. The lowest BCUT2D eigenvalue weighted by molar-refractivity contribution is -0.136. The molecule has 6 nitrogen and oxygen atoms in total. The first-order valence-electron chi connectivity index (χ1n) is 6.85. The Morgan fingerprint density at radius 1 is 1.45 bits per heavy atom. The Hall–Kier alpha value is -2.89. The van der Waals surface area contributed by atoms with E-state index in [0.29, 0.717) is 12.1 Å². The third-order valence-corrected chi connectivity index (χ3v) is 2.69. The number of carbonyl (C=O) groups excluding carboxylic acids is 1. The van der Waals surface area contributed by atoms with Gasteiger partial charge in [-0.25, -0.2) is 9.78 Å². The van der Waals surface area contributed by atoms with Gasteiger partial charge in [-0.3, -0.25) is 4.98 Å². The largest absolute Gasteiger partial charge is 0.458 e. The van der Waals surface area contributed by atoms with E-state index < -0.39 is 5.97 Å². The number of allylic oxidation sites excluding steroid dienone is 1. The molecule has 0 unspecified atom stereocenters. The fourth-order valence-electron chi connectivity index (χ4n) is 1.78. The van der Waals surface area contributed by atoms with E-state index >= 15 is 0 Å². The average Bonchev–Trinajstić information content (AvgIpc) is 2.96. The molecule has 0 aliphatic rings. The Morgan fingerprint density at radius 2 is 2.32 bits per heavy atom. The molecule has 2 aromatic heterocycles. The Kier molecular flexibility index (Phi) is 5.48. The fourth-order valence-corrected chi connectivity index (χ4v) is 1.78. The van der Waals surface area contributed by atoms with Gasteiger partial charge in [-0.15, -0.1) is 0 Å². The van der Waals surface area contributed by atoms with Crippen molar-refractivity contribution in [3.8, 4) is 0 Å². The number of nitrogens with one attached hydrogen (secondary N) is 1. The third-order valence-electron chi connectivity index (χ3n) is 2.69. The summed E-state index contributed by atoms with van der Waals surface area (Å²) in [6.45, 7) is 1.80. The lowest BCUT2D eigenvalue weighted by Gasteiger charge is -2.00. The number of aromatic amines is 1. The number of nitrogens with two attached hydrogens (primary N) is 1. The third kappa shape index (κ3) is 5.24. The van der Waals surface area contributed by atoms with Crippen molar-refractivity contribution >= 4 is 12.0 Å². The number of ether oxygens (including phenoxy) is 1. The molecule has 3 N–H and O–H groups in total. The number of carbonyl (C=O) groups is 1. The minimum atomic E-state index is -0.454. The van der Waals surface area contributed by atoms with E-state index in [9.17, 15) is 4.79 Å². The van der Waals surface area contributed by atoms with Gasteiger partial charge in [0.25, 0.3) is 0 Å². The summed E-state index contributed by atoms with van der Waals surface area (Å²) in [4.78, 5) is 23.0. The van der Waals surface area contributed by atoms with Gasteiger partial charge in [0.05, 0.1) is 5.69 Å². The van der Waals surface area contributed by atoms with Gasteiger partial charge in [0.2, 0.25) is 0 Å². The molecule has 0 bridgehead atoms. The van der Waals surface area contributed by atoms with Crippen LogP contribution < -0.4 is 5.73 Å². The quantitative estimate of drug-likeness (QED) is 0.626. The molecule has 0 aliphatic carbocycles. The molecule has 0 atom stereocenters. The smallest absolute Gasteiger partial charge is 0.332 e. The van der Waals surface area contributed by atoms with Crippen LogP contribution in [0.3, 0.4) is 0 Å². The molecule has 6 heteroatoms. The number of pyridine rings is 1. The molecule has 0 spiro atoms. The number of nitrogens with zero attached hydrogens (tertiary/aromatic N) is 2. The number of H-pyrrole nitrogens is 1. The zero-order valence-electron chi connectivity index (χ0n) is 12.3. The van der Waals surface area contributed by atoms with Gasteiger partial charge in [0.1, 0.15) is 12.4 Å². The van der Waals surface area contributed by atoms with Crippen LogP contribution in [0, 0.1) is 0 Å². The molecule has 2 rings (SSSR count). The van der Waals surface area contributed by atoms with Gasteiger partial charge in [0.15, 0.2) is 0 Å². The number of rotatable bonds is 6. The Morgan fingerprint density at radius 3 is 3.05 bits per heavy atom. The van der Waals surface area contributed by atoms with Crippen molar-refractivity contribution in [2.75, 3.05) is 6.61 Å². The SMILES string of the molecule is C/C(N)=C/C(=O)OC/C=C/c1cccc(Cc2ncc[nH]2)n1. The standard InChI is InChI=1S/C16H18N4O2/c1-12(17)10-16(21)22-9-3-6-13-4-2-5-14(20-13)11-15-18-7-8-19-15/h2-8,10H,9,11,17H2,1H3,(H,18,19)/b6-3+,12-10-. The van der Waals surface area contributed by atoms with Crippen molar-refractivity contribution in [1.82, 2.24) is 15.0 Å². The maximum Gasteiger partial charge on any atom is 0.332 e. The second-order valence-electron chi connectivity index (χ2n) is 4.69. The van der Waals surface area contributed by atoms with Crippen LogP contribution in [-0.4, -0.2) is 27.5 Å². The Bertz CT molecular complexity index is 671. The summed E-state index contributed by atoms with van der Waals surface area (Å²) in [6.07, 6.45) is 8.92. The van der Waals surface area contributed by atoms with Crippen LogP contribution in [0.25, 0.3) is 6.08 Å². The van der Waals surface area contributed by atoms with Gasteiger partial charge >= 0.3 is 5.97 Å². The van der Waals surface area contributed by atoms with E-state index in [1.807, 2.05) is 18.2 Å². The first kappa shape index (κ1) is 15.5. The first-order valence-corrected chi connectivity index (χ1v) is 6.85. The van der Waals surface area contributed by atoms with Crippen molar-refractivity contribution in [3.05, 3.63) is 65.7 Å². The molecule has 0 aliphatic heterocycles. The Balaban J connectivity index is 1.88. The summed E-state index contributed by atoms with van der Waals surface area (Å²) in [6, 6.07) is 5.75. The van der Waals surface area contributed by atoms with Gasteiger partial charge in [0, 0.05) is 36.3 Å². The van der Waals surface area contributed by atoms with Crippen LogP contribution in [0.1, 0.15) is 24.1 Å². The van der Waals surface area contributed by atoms with Crippen molar-refractivity contribution < 1.29 is 9.53 Å². The minimum absolute atomic E-state index is 0.173. The van der Waals surface area contributed by atoms with Crippen LogP contribution in [0.4, 0.5) is 0 Å². The number of esters is 1. The van der Waals surface area contributed by atoms with Gasteiger partial charge < -0.3 is 15.5 Å². The van der Waals surface area contributed by atoms with E-state index in [1.54, 1.807) is 31.5 Å². The van der Waals surface area contributed by atoms with Crippen molar-refractivity contribution in [2.45, 2.75) is 13.3 Å². The summed E-state index contributed by atoms with van der Waals surface area (Å²) < 4.78 is 4.97. The molecule has 0 radical (unpaired) electrons. The number of hydrogen-bond donors (Lipinski definition) is 2. The summed E-state index contributed by atoms with van der Waals surface area (Å²) >= 11 is 0. The lowest BCUT2D eigenvalue weighted by atomic mass is 10.2. The molecule has 2 aromatic rings. The maximum absolute atomic E-state index is 11.3. The first-order chi connectivity index (χ1) is 10.6. The molecular formula is C16H18N4O2. The number of aromatic nitrogens is 3. The zero-order chi connectivity index (χ0) is 15.8. The molecular weight excluding hydrogens is 280 g/mol. The van der Waals surface area contributed by atoms with Crippen LogP contribution in [0.15, 0.2) is 48.4 Å². The summed E-state index contributed by atoms with van der Waals surface area (Å²) in [5, 5.41) is 0. The highest BCUT2D eigenvalue weighted by molar-refractivity contribution is 5.82. The highest BCUT2D eigenvalue weighted by Crippen LogP contribution is 2.05. The summed E-state index contributed by atoms with van der Waals surface area (Å²) in [5.74, 6) is 0.413.